The van der Waals surface area contributed by atoms with E-state index >= 15 is 0 Å². The van der Waals surface area contributed by atoms with Crippen molar-refractivity contribution >= 4 is 28.5 Å². The Hall–Kier alpha value is -1.48. The van der Waals surface area contributed by atoms with Crippen molar-refractivity contribution in [1.82, 2.24) is 5.32 Å². The van der Waals surface area contributed by atoms with Crippen LogP contribution in [0.15, 0.2) is 28.7 Å². The van der Waals surface area contributed by atoms with Crippen LogP contribution in [0.2, 0.25) is 5.02 Å². The lowest BCUT2D eigenvalue weighted by Gasteiger charge is -2.04. The summed E-state index contributed by atoms with van der Waals surface area (Å²) in [4.78, 5) is 11.8. The molecule has 1 heterocycles. The third-order valence-electron chi connectivity index (χ3n) is 2.37. The first-order valence-electron chi connectivity index (χ1n) is 5.53. The van der Waals surface area contributed by atoms with E-state index in [4.69, 9.17) is 16.0 Å². The molecule has 90 valence electrons. The molecule has 0 saturated heterocycles. The number of fused-ring (bicyclic) bond motifs is 1. The summed E-state index contributed by atoms with van der Waals surface area (Å²) in [7, 11) is 0. The van der Waals surface area contributed by atoms with Crippen molar-refractivity contribution in [2.75, 3.05) is 6.54 Å². The lowest BCUT2D eigenvalue weighted by molar-refractivity contribution is 0.0923. The lowest BCUT2D eigenvalue weighted by atomic mass is 10.2. The van der Waals surface area contributed by atoms with Gasteiger partial charge in [-0.05, 0) is 30.2 Å². The fraction of sp³-hybridized carbons (Fsp3) is 0.308. The van der Waals surface area contributed by atoms with E-state index in [0.717, 1.165) is 5.39 Å². The number of hydrogen-bond acceptors (Lipinski definition) is 2. The van der Waals surface area contributed by atoms with Crippen molar-refractivity contribution < 1.29 is 9.21 Å². The van der Waals surface area contributed by atoms with Crippen LogP contribution in [0.1, 0.15) is 24.4 Å². The van der Waals surface area contributed by atoms with Gasteiger partial charge in [0.1, 0.15) is 5.58 Å². The molecule has 2 aromatic rings. The minimum Gasteiger partial charge on any atom is -0.451 e. The van der Waals surface area contributed by atoms with Crippen LogP contribution < -0.4 is 5.32 Å². The van der Waals surface area contributed by atoms with Gasteiger partial charge < -0.3 is 9.73 Å². The molecule has 0 aliphatic heterocycles. The second-order valence-electron chi connectivity index (χ2n) is 4.40. The molecule has 0 fully saturated rings. The van der Waals surface area contributed by atoms with E-state index < -0.39 is 0 Å². The molecule has 0 saturated carbocycles. The SMILES string of the molecule is CC(C)CNC(=O)c1cc2cc(Cl)ccc2o1. The maximum atomic E-state index is 11.8. The van der Waals surface area contributed by atoms with Crippen molar-refractivity contribution in [2.45, 2.75) is 13.8 Å². The molecule has 1 aromatic heterocycles. The van der Waals surface area contributed by atoms with Gasteiger partial charge in [-0.15, -0.1) is 0 Å². The number of benzene rings is 1. The molecule has 4 heteroatoms. The summed E-state index contributed by atoms with van der Waals surface area (Å²) in [6, 6.07) is 6.98. The van der Waals surface area contributed by atoms with Crippen LogP contribution in [0.5, 0.6) is 0 Å². The Morgan fingerprint density at radius 3 is 2.88 bits per heavy atom. The average molecular weight is 252 g/mol. The Morgan fingerprint density at radius 1 is 1.41 bits per heavy atom. The van der Waals surface area contributed by atoms with E-state index in [-0.39, 0.29) is 5.91 Å². The largest absolute Gasteiger partial charge is 0.451 e. The second kappa shape index (κ2) is 4.80. The molecule has 1 N–H and O–H groups in total. The maximum Gasteiger partial charge on any atom is 0.287 e. The fourth-order valence-electron chi connectivity index (χ4n) is 1.51. The molecular formula is C13H14ClNO2. The molecular weight excluding hydrogens is 238 g/mol. The molecule has 0 bridgehead atoms. The zero-order valence-corrected chi connectivity index (χ0v) is 10.5. The Balaban J connectivity index is 2.21. The molecule has 0 radical (unpaired) electrons. The standard InChI is InChI=1S/C13H14ClNO2/c1-8(2)7-15-13(16)12-6-9-5-10(14)3-4-11(9)17-12/h3-6,8H,7H2,1-2H3,(H,15,16). The van der Waals surface area contributed by atoms with Crippen LogP contribution in [0, 0.1) is 5.92 Å². The molecule has 3 nitrogen and oxygen atoms in total. The number of halogens is 1. The fourth-order valence-corrected chi connectivity index (χ4v) is 1.69. The third kappa shape index (κ3) is 2.80. The van der Waals surface area contributed by atoms with Crippen molar-refractivity contribution in [1.29, 1.82) is 0 Å². The van der Waals surface area contributed by atoms with Gasteiger partial charge in [0, 0.05) is 17.0 Å². The minimum absolute atomic E-state index is 0.189. The summed E-state index contributed by atoms with van der Waals surface area (Å²) in [6.07, 6.45) is 0. The maximum absolute atomic E-state index is 11.8. The number of nitrogens with one attached hydrogen (secondary N) is 1. The summed E-state index contributed by atoms with van der Waals surface area (Å²) in [5, 5.41) is 4.28. The first-order chi connectivity index (χ1) is 8.06. The highest BCUT2D eigenvalue weighted by Gasteiger charge is 2.12. The zero-order valence-electron chi connectivity index (χ0n) is 9.79. The zero-order chi connectivity index (χ0) is 12.4. The first kappa shape index (κ1) is 12.0. The molecule has 0 unspecified atom stereocenters. The number of rotatable bonds is 3. The van der Waals surface area contributed by atoms with E-state index in [1.807, 2.05) is 13.8 Å². The van der Waals surface area contributed by atoms with Gasteiger partial charge in [-0.1, -0.05) is 25.4 Å². The summed E-state index contributed by atoms with van der Waals surface area (Å²) in [5.41, 5.74) is 0.670. The van der Waals surface area contributed by atoms with Gasteiger partial charge >= 0.3 is 0 Å². The number of amides is 1. The summed E-state index contributed by atoms with van der Waals surface area (Å²) in [6.45, 7) is 4.72. The normalized spacial score (nSPS) is 11.1. The van der Waals surface area contributed by atoms with E-state index in [2.05, 4.69) is 5.32 Å². The van der Waals surface area contributed by atoms with Gasteiger partial charge in [-0.25, -0.2) is 0 Å². The molecule has 1 aromatic carbocycles. The van der Waals surface area contributed by atoms with Gasteiger partial charge in [0.15, 0.2) is 5.76 Å². The Labute approximate surface area is 105 Å². The van der Waals surface area contributed by atoms with Crippen LogP contribution in [0.25, 0.3) is 11.0 Å². The lowest BCUT2D eigenvalue weighted by Crippen LogP contribution is -2.26. The highest BCUT2D eigenvalue weighted by Crippen LogP contribution is 2.22. The summed E-state index contributed by atoms with van der Waals surface area (Å²) < 4.78 is 5.45. The van der Waals surface area contributed by atoms with Gasteiger partial charge in [0.2, 0.25) is 0 Å². The van der Waals surface area contributed by atoms with Crippen molar-refractivity contribution in [2.24, 2.45) is 5.92 Å². The number of carbonyl (C=O) groups is 1. The van der Waals surface area contributed by atoms with Crippen molar-refractivity contribution in [3.8, 4) is 0 Å². The summed E-state index contributed by atoms with van der Waals surface area (Å²) >= 11 is 5.87. The molecule has 2 rings (SSSR count). The van der Waals surface area contributed by atoms with Crippen LogP contribution in [0.3, 0.4) is 0 Å². The molecule has 0 aliphatic carbocycles. The quantitative estimate of drug-likeness (QED) is 0.908. The highest BCUT2D eigenvalue weighted by atomic mass is 35.5. The van der Waals surface area contributed by atoms with Gasteiger partial charge in [-0.2, -0.15) is 0 Å². The topological polar surface area (TPSA) is 42.2 Å². The smallest absolute Gasteiger partial charge is 0.287 e. The monoisotopic (exact) mass is 251 g/mol. The van der Waals surface area contributed by atoms with Crippen molar-refractivity contribution in [3.05, 3.63) is 35.0 Å². The Morgan fingerprint density at radius 2 is 2.18 bits per heavy atom. The first-order valence-corrected chi connectivity index (χ1v) is 5.91. The van der Waals surface area contributed by atoms with E-state index in [0.29, 0.717) is 28.8 Å². The van der Waals surface area contributed by atoms with Gasteiger partial charge in [0.05, 0.1) is 0 Å². The predicted octanol–water partition coefficient (Wildman–Crippen LogP) is 3.47. The Kier molecular flexibility index (Phi) is 3.38. The Bertz CT molecular complexity index is 545. The van der Waals surface area contributed by atoms with Gasteiger partial charge in [-0.3, -0.25) is 4.79 Å². The average Bonchev–Trinajstić information content (AvgIpc) is 2.68. The molecule has 1 amide bonds. The minimum atomic E-state index is -0.189. The molecule has 17 heavy (non-hydrogen) atoms. The van der Waals surface area contributed by atoms with E-state index in [1.165, 1.54) is 0 Å². The highest BCUT2D eigenvalue weighted by molar-refractivity contribution is 6.31. The van der Waals surface area contributed by atoms with Crippen molar-refractivity contribution in [3.63, 3.8) is 0 Å². The number of furan rings is 1. The molecule has 0 spiro atoms. The second-order valence-corrected chi connectivity index (χ2v) is 4.83. The van der Waals surface area contributed by atoms with Crippen LogP contribution >= 0.6 is 11.6 Å². The van der Waals surface area contributed by atoms with E-state index in [9.17, 15) is 4.79 Å². The number of hydrogen-bond donors (Lipinski definition) is 1. The third-order valence-corrected chi connectivity index (χ3v) is 2.61. The molecule has 0 atom stereocenters. The van der Waals surface area contributed by atoms with Crippen LogP contribution in [0.4, 0.5) is 0 Å². The molecule has 0 aliphatic rings. The van der Waals surface area contributed by atoms with Crippen LogP contribution in [-0.2, 0) is 0 Å². The number of carbonyl (C=O) groups excluding carboxylic acids is 1. The van der Waals surface area contributed by atoms with Crippen LogP contribution in [-0.4, -0.2) is 12.5 Å². The summed E-state index contributed by atoms with van der Waals surface area (Å²) in [5.74, 6) is 0.548. The van der Waals surface area contributed by atoms with Gasteiger partial charge in [0.25, 0.3) is 5.91 Å². The van der Waals surface area contributed by atoms with E-state index in [1.54, 1.807) is 24.3 Å². The predicted molar refractivity (Wildman–Crippen MR) is 68.4 cm³/mol.